The van der Waals surface area contributed by atoms with Crippen molar-refractivity contribution >= 4 is 6.09 Å². The molecule has 2 N–H and O–H groups in total. The van der Waals surface area contributed by atoms with E-state index in [1.54, 1.807) is 0 Å². The summed E-state index contributed by atoms with van der Waals surface area (Å²) in [6.45, 7) is 0.334. The van der Waals surface area contributed by atoms with Crippen LogP contribution in [0.4, 0.5) is 4.79 Å². The standard InChI is InChI=1S/C19H21NO4/c1-23-13(11-21)10-20-19(22)24-12-18-16-8-4-2-6-14(16)15-7-3-5-9-17(15)18/h2-9,13,18,21H,10-12H2,1H3,(H,20,22)/t13-/m1/s1. The first-order chi connectivity index (χ1) is 11.7. The quantitative estimate of drug-likeness (QED) is 0.855. The number of nitrogens with one attached hydrogen (secondary N) is 1. The Hall–Kier alpha value is -2.37. The Morgan fingerprint density at radius 2 is 1.71 bits per heavy atom. The highest BCUT2D eigenvalue weighted by Gasteiger charge is 2.28. The van der Waals surface area contributed by atoms with Gasteiger partial charge >= 0.3 is 6.09 Å². The van der Waals surface area contributed by atoms with E-state index in [0.29, 0.717) is 0 Å². The van der Waals surface area contributed by atoms with E-state index in [-0.39, 0.29) is 25.7 Å². The molecule has 0 radical (unpaired) electrons. The summed E-state index contributed by atoms with van der Waals surface area (Å²) in [5, 5.41) is 11.7. The van der Waals surface area contributed by atoms with E-state index in [1.165, 1.54) is 29.4 Å². The molecule has 3 rings (SSSR count). The number of aliphatic hydroxyl groups is 1. The molecule has 5 heteroatoms. The van der Waals surface area contributed by atoms with Crippen LogP contribution in [0.3, 0.4) is 0 Å². The fourth-order valence-corrected chi connectivity index (χ4v) is 3.07. The van der Waals surface area contributed by atoms with Crippen LogP contribution in [0.25, 0.3) is 11.1 Å². The van der Waals surface area contributed by atoms with Crippen LogP contribution >= 0.6 is 0 Å². The molecule has 2 aromatic rings. The number of hydrogen-bond acceptors (Lipinski definition) is 4. The monoisotopic (exact) mass is 327 g/mol. The Morgan fingerprint density at radius 1 is 1.12 bits per heavy atom. The van der Waals surface area contributed by atoms with Gasteiger partial charge in [-0.1, -0.05) is 48.5 Å². The summed E-state index contributed by atoms with van der Waals surface area (Å²) >= 11 is 0. The van der Waals surface area contributed by atoms with E-state index in [4.69, 9.17) is 14.6 Å². The maximum Gasteiger partial charge on any atom is 0.407 e. The Balaban J connectivity index is 1.66. The Kier molecular flexibility index (Phi) is 5.13. The molecule has 1 aliphatic carbocycles. The zero-order chi connectivity index (χ0) is 16.9. The summed E-state index contributed by atoms with van der Waals surface area (Å²) in [6, 6.07) is 16.4. The molecule has 0 aliphatic heterocycles. The van der Waals surface area contributed by atoms with Gasteiger partial charge in [0.15, 0.2) is 0 Å². The normalized spacial score (nSPS) is 13.9. The fourth-order valence-electron chi connectivity index (χ4n) is 3.07. The van der Waals surface area contributed by atoms with Crippen molar-refractivity contribution in [3.8, 4) is 11.1 Å². The number of rotatable bonds is 6. The topological polar surface area (TPSA) is 67.8 Å². The van der Waals surface area contributed by atoms with Crippen LogP contribution in [0.1, 0.15) is 17.0 Å². The van der Waals surface area contributed by atoms with Crippen molar-refractivity contribution in [2.75, 3.05) is 26.9 Å². The zero-order valence-electron chi connectivity index (χ0n) is 13.6. The highest BCUT2D eigenvalue weighted by molar-refractivity contribution is 5.79. The molecule has 0 saturated carbocycles. The lowest BCUT2D eigenvalue weighted by molar-refractivity contribution is 0.0475. The predicted molar refractivity (Wildman–Crippen MR) is 91.0 cm³/mol. The van der Waals surface area contributed by atoms with E-state index in [9.17, 15) is 4.79 Å². The maximum absolute atomic E-state index is 11.9. The van der Waals surface area contributed by atoms with Gasteiger partial charge in [-0.2, -0.15) is 0 Å². The lowest BCUT2D eigenvalue weighted by Gasteiger charge is -2.16. The molecule has 5 nitrogen and oxygen atoms in total. The summed E-state index contributed by atoms with van der Waals surface area (Å²) in [5.74, 6) is 0.0409. The van der Waals surface area contributed by atoms with Crippen molar-refractivity contribution in [1.29, 1.82) is 0 Å². The number of aliphatic hydroxyl groups excluding tert-OH is 1. The minimum atomic E-state index is -0.507. The minimum Gasteiger partial charge on any atom is -0.449 e. The number of hydrogen-bond donors (Lipinski definition) is 2. The van der Waals surface area contributed by atoms with Gasteiger partial charge in [0, 0.05) is 19.6 Å². The Labute approximate surface area is 141 Å². The van der Waals surface area contributed by atoms with Crippen molar-refractivity contribution in [2.45, 2.75) is 12.0 Å². The number of ether oxygens (including phenoxy) is 2. The maximum atomic E-state index is 11.9. The highest BCUT2D eigenvalue weighted by Crippen LogP contribution is 2.44. The molecule has 24 heavy (non-hydrogen) atoms. The third-order valence-electron chi connectivity index (χ3n) is 4.35. The molecular weight excluding hydrogens is 306 g/mol. The van der Waals surface area contributed by atoms with Gasteiger partial charge in [-0.05, 0) is 22.3 Å². The van der Waals surface area contributed by atoms with Crippen LogP contribution in [0.15, 0.2) is 48.5 Å². The summed E-state index contributed by atoms with van der Waals surface area (Å²) in [7, 11) is 1.49. The van der Waals surface area contributed by atoms with Crippen molar-refractivity contribution in [3.05, 3.63) is 59.7 Å². The molecule has 1 aliphatic rings. The van der Waals surface area contributed by atoms with Gasteiger partial charge in [-0.3, -0.25) is 0 Å². The minimum absolute atomic E-state index is 0.0409. The number of carbonyl (C=O) groups excluding carboxylic acids is 1. The lowest BCUT2D eigenvalue weighted by Crippen LogP contribution is -2.36. The summed E-state index contributed by atoms with van der Waals surface area (Å²) in [4.78, 5) is 11.9. The number of benzene rings is 2. The van der Waals surface area contributed by atoms with Gasteiger partial charge in [0.2, 0.25) is 0 Å². The predicted octanol–water partition coefficient (Wildman–Crippen LogP) is 2.53. The summed E-state index contributed by atoms with van der Waals surface area (Å²) < 4.78 is 10.4. The Bertz CT molecular complexity index is 667. The number of amides is 1. The largest absolute Gasteiger partial charge is 0.449 e. The highest BCUT2D eigenvalue weighted by atomic mass is 16.5. The second kappa shape index (κ2) is 7.47. The van der Waals surface area contributed by atoms with Crippen molar-refractivity contribution in [3.63, 3.8) is 0 Å². The molecule has 2 aromatic carbocycles. The molecule has 0 unspecified atom stereocenters. The van der Waals surface area contributed by atoms with Crippen LogP contribution in [0.5, 0.6) is 0 Å². The average Bonchev–Trinajstić information content (AvgIpc) is 2.95. The summed E-state index contributed by atoms with van der Waals surface area (Å²) in [5.41, 5.74) is 4.75. The van der Waals surface area contributed by atoms with Gasteiger partial charge in [-0.25, -0.2) is 4.79 Å². The first-order valence-electron chi connectivity index (χ1n) is 7.97. The van der Waals surface area contributed by atoms with Gasteiger partial charge in [0.05, 0.1) is 12.7 Å². The molecule has 126 valence electrons. The molecule has 1 atom stereocenters. The van der Waals surface area contributed by atoms with E-state index in [0.717, 1.165) is 0 Å². The molecule has 0 saturated heterocycles. The number of fused-ring (bicyclic) bond motifs is 3. The molecule has 0 heterocycles. The van der Waals surface area contributed by atoms with Gasteiger partial charge in [0.1, 0.15) is 6.61 Å². The van der Waals surface area contributed by atoms with Crippen LogP contribution in [-0.4, -0.2) is 44.2 Å². The average molecular weight is 327 g/mol. The molecule has 0 spiro atoms. The first-order valence-corrected chi connectivity index (χ1v) is 7.97. The molecule has 0 aromatic heterocycles. The van der Waals surface area contributed by atoms with Crippen LogP contribution < -0.4 is 5.32 Å². The van der Waals surface area contributed by atoms with Gasteiger partial charge in [-0.15, -0.1) is 0 Å². The number of carbonyl (C=O) groups is 1. The smallest absolute Gasteiger partial charge is 0.407 e. The molecule has 0 bridgehead atoms. The van der Waals surface area contributed by atoms with E-state index >= 15 is 0 Å². The lowest BCUT2D eigenvalue weighted by atomic mass is 9.98. The zero-order valence-corrected chi connectivity index (χ0v) is 13.6. The number of alkyl carbamates (subject to hydrolysis) is 1. The first kappa shape index (κ1) is 16.5. The van der Waals surface area contributed by atoms with Crippen molar-refractivity contribution in [1.82, 2.24) is 5.32 Å². The van der Waals surface area contributed by atoms with Gasteiger partial charge < -0.3 is 19.9 Å². The van der Waals surface area contributed by atoms with Crippen LogP contribution in [0.2, 0.25) is 0 Å². The second-order valence-corrected chi connectivity index (χ2v) is 5.75. The van der Waals surface area contributed by atoms with E-state index in [1.807, 2.05) is 24.3 Å². The second-order valence-electron chi connectivity index (χ2n) is 5.75. The van der Waals surface area contributed by atoms with Crippen molar-refractivity contribution in [2.24, 2.45) is 0 Å². The van der Waals surface area contributed by atoms with Crippen LogP contribution in [0, 0.1) is 0 Å². The SMILES string of the molecule is CO[C@@H](CO)CNC(=O)OCC1c2ccccc2-c2ccccc21. The van der Waals surface area contributed by atoms with Gasteiger partial charge in [0.25, 0.3) is 0 Å². The summed E-state index contributed by atoms with van der Waals surface area (Å²) in [6.07, 6.45) is -0.933. The molecule has 0 fully saturated rings. The third kappa shape index (κ3) is 3.27. The van der Waals surface area contributed by atoms with Crippen LogP contribution in [-0.2, 0) is 9.47 Å². The third-order valence-corrected chi connectivity index (χ3v) is 4.35. The number of methoxy groups -OCH3 is 1. The van der Waals surface area contributed by atoms with E-state index in [2.05, 4.69) is 29.6 Å². The Morgan fingerprint density at radius 3 is 2.25 bits per heavy atom. The fraction of sp³-hybridized carbons (Fsp3) is 0.316. The van der Waals surface area contributed by atoms with E-state index < -0.39 is 12.2 Å². The molecule has 1 amide bonds. The van der Waals surface area contributed by atoms with Crippen molar-refractivity contribution < 1.29 is 19.4 Å². The molecular formula is C19H21NO4.